The van der Waals surface area contributed by atoms with Gasteiger partial charge in [0.15, 0.2) is 5.78 Å². The number of ether oxygens (including phenoxy) is 2. The van der Waals surface area contributed by atoms with Crippen molar-refractivity contribution in [2.75, 3.05) is 0 Å². The van der Waals surface area contributed by atoms with Crippen LogP contribution in [0.2, 0.25) is 0 Å². The van der Waals surface area contributed by atoms with Crippen LogP contribution in [0.5, 0.6) is 17.2 Å². The number of hydrogen-bond acceptors (Lipinski definition) is 4. The average molecular weight is 370 g/mol. The summed E-state index contributed by atoms with van der Waals surface area (Å²) in [5.41, 5.74) is 2.62. The Morgan fingerprint density at radius 1 is 1.19 bits per heavy atom. The zero-order chi connectivity index (χ0) is 19.7. The van der Waals surface area contributed by atoms with Gasteiger partial charge in [-0.05, 0) is 67.2 Å². The number of carbonyl (C=O) groups is 1. The first-order valence-electron chi connectivity index (χ1n) is 9.98. The molecule has 1 fully saturated rings. The summed E-state index contributed by atoms with van der Waals surface area (Å²) < 4.78 is 12.9. The molecule has 2 aliphatic heterocycles. The molecule has 4 rings (SSSR count). The van der Waals surface area contributed by atoms with Gasteiger partial charge in [-0.2, -0.15) is 0 Å². The Morgan fingerprint density at radius 2 is 1.89 bits per heavy atom. The Morgan fingerprint density at radius 3 is 2.52 bits per heavy atom. The van der Waals surface area contributed by atoms with E-state index in [-0.39, 0.29) is 22.7 Å². The Labute approximate surface area is 161 Å². The highest BCUT2D eigenvalue weighted by atomic mass is 16.5. The summed E-state index contributed by atoms with van der Waals surface area (Å²) in [6, 6.07) is 0. The Kier molecular flexibility index (Phi) is 3.93. The molecule has 1 aromatic carbocycles. The van der Waals surface area contributed by atoms with Crippen LogP contribution in [-0.4, -0.2) is 22.1 Å². The number of aromatic hydroxyl groups is 1. The molecule has 0 radical (unpaired) electrons. The summed E-state index contributed by atoms with van der Waals surface area (Å²) in [6.07, 6.45) is 5.54. The zero-order valence-corrected chi connectivity index (χ0v) is 17.2. The zero-order valence-electron chi connectivity index (χ0n) is 17.2. The van der Waals surface area contributed by atoms with Crippen molar-refractivity contribution in [3.05, 3.63) is 28.3 Å². The molecule has 0 saturated heterocycles. The van der Waals surface area contributed by atoms with Crippen LogP contribution in [0.4, 0.5) is 0 Å². The molecule has 1 N–H and O–H groups in total. The molecule has 1 saturated carbocycles. The lowest BCUT2D eigenvalue weighted by Gasteiger charge is -2.55. The molecule has 1 aromatic rings. The lowest BCUT2D eigenvalue weighted by atomic mass is 9.61. The van der Waals surface area contributed by atoms with Crippen LogP contribution in [0.3, 0.4) is 0 Å². The van der Waals surface area contributed by atoms with Crippen molar-refractivity contribution in [1.29, 1.82) is 0 Å². The highest BCUT2D eigenvalue weighted by Gasteiger charge is 2.55. The molecule has 27 heavy (non-hydrogen) atoms. The van der Waals surface area contributed by atoms with Crippen molar-refractivity contribution in [1.82, 2.24) is 0 Å². The highest BCUT2D eigenvalue weighted by molar-refractivity contribution is 6.01. The standard InChI is InChI=1S/C23H30O4/c1-12(2)7-8-14-19(25)17(13(3)24)21-18-15-11-23(6,27-21)10-9-16(15)22(4,5)26-20(14)18/h7,15-16,25H,8-11H2,1-6H3. The van der Waals surface area contributed by atoms with Crippen LogP contribution in [0, 0.1) is 5.92 Å². The number of Topliss-reactive ketones (excluding diaryl/α,β-unsaturated/α-hetero) is 1. The third kappa shape index (κ3) is 2.67. The number of allylic oxidation sites excluding steroid dienone is 2. The molecule has 0 spiro atoms. The van der Waals surface area contributed by atoms with Gasteiger partial charge in [-0.15, -0.1) is 0 Å². The van der Waals surface area contributed by atoms with Crippen LogP contribution in [0.25, 0.3) is 0 Å². The summed E-state index contributed by atoms with van der Waals surface area (Å²) in [7, 11) is 0. The molecule has 146 valence electrons. The van der Waals surface area contributed by atoms with Crippen molar-refractivity contribution in [2.45, 2.75) is 84.3 Å². The van der Waals surface area contributed by atoms with E-state index in [1.165, 1.54) is 6.92 Å². The lowest BCUT2D eigenvalue weighted by molar-refractivity contribution is -0.0735. The fourth-order valence-electron chi connectivity index (χ4n) is 5.33. The van der Waals surface area contributed by atoms with Crippen LogP contribution in [0.15, 0.2) is 11.6 Å². The van der Waals surface area contributed by atoms with Crippen LogP contribution in [0.1, 0.15) is 88.2 Å². The molecule has 3 unspecified atom stereocenters. The van der Waals surface area contributed by atoms with Gasteiger partial charge in [-0.3, -0.25) is 4.79 Å². The maximum Gasteiger partial charge on any atom is 0.167 e. The number of carbonyl (C=O) groups excluding carboxylic acids is 1. The van der Waals surface area contributed by atoms with Gasteiger partial charge >= 0.3 is 0 Å². The molecular weight excluding hydrogens is 340 g/mol. The van der Waals surface area contributed by atoms with Gasteiger partial charge in [0, 0.05) is 23.0 Å². The van der Waals surface area contributed by atoms with Gasteiger partial charge < -0.3 is 14.6 Å². The third-order valence-corrected chi connectivity index (χ3v) is 6.68. The second-order valence-corrected chi connectivity index (χ2v) is 9.53. The normalized spacial score (nSPS) is 29.4. The number of rotatable bonds is 3. The first kappa shape index (κ1) is 18.4. The van der Waals surface area contributed by atoms with E-state index < -0.39 is 0 Å². The average Bonchev–Trinajstić information content (AvgIpc) is 2.51. The lowest BCUT2D eigenvalue weighted by Crippen LogP contribution is -2.54. The molecule has 0 amide bonds. The van der Waals surface area contributed by atoms with Crippen molar-refractivity contribution in [2.24, 2.45) is 5.92 Å². The third-order valence-electron chi connectivity index (χ3n) is 6.68. The molecule has 1 aliphatic carbocycles. The molecule has 2 heterocycles. The summed E-state index contributed by atoms with van der Waals surface area (Å²) in [5, 5.41) is 11.1. The first-order chi connectivity index (χ1) is 12.5. The van der Waals surface area contributed by atoms with Gasteiger partial charge in [-0.1, -0.05) is 11.6 Å². The first-order valence-corrected chi connectivity index (χ1v) is 9.98. The minimum absolute atomic E-state index is 0.0200. The van der Waals surface area contributed by atoms with Crippen molar-refractivity contribution in [3.63, 3.8) is 0 Å². The minimum Gasteiger partial charge on any atom is -0.507 e. The maximum atomic E-state index is 12.5. The quantitative estimate of drug-likeness (QED) is 0.579. The predicted octanol–water partition coefficient (Wildman–Crippen LogP) is 5.31. The largest absolute Gasteiger partial charge is 0.507 e. The van der Waals surface area contributed by atoms with Crippen molar-refractivity contribution < 1.29 is 19.4 Å². The smallest absolute Gasteiger partial charge is 0.167 e. The number of hydrogen-bond donors (Lipinski definition) is 1. The van der Waals surface area contributed by atoms with Gasteiger partial charge in [0.25, 0.3) is 0 Å². The monoisotopic (exact) mass is 370 g/mol. The van der Waals surface area contributed by atoms with E-state index in [9.17, 15) is 9.90 Å². The SMILES string of the molecule is CC(=O)c1c(O)c(CC=C(C)C)c2c3c1OC1(C)CCC(C3C1)C(C)(C)O2. The maximum absolute atomic E-state index is 12.5. The Balaban J connectivity index is 2.04. The van der Waals surface area contributed by atoms with Crippen molar-refractivity contribution >= 4 is 5.78 Å². The van der Waals surface area contributed by atoms with Crippen LogP contribution < -0.4 is 9.47 Å². The fourth-order valence-corrected chi connectivity index (χ4v) is 5.33. The molecular formula is C23H30O4. The minimum atomic E-state index is -0.308. The number of phenols is 1. The topological polar surface area (TPSA) is 55.8 Å². The second-order valence-electron chi connectivity index (χ2n) is 9.53. The fraction of sp³-hybridized carbons (Fsp3) is 0.609. The number of benzene rings is 1. The number of ketones is 1. The van der Waals surface area contributed by atoms with E-state index >= 15 is 0 Å². The van der Waals surface area contributed by atoms with E-state index in [0.717, 1.165) is 36.1 Å². The highest BCUT2D eigenvalue weighted by Crippen LogP contribution is 2.63. The molecule has 3 atom stereocenters. The molecule has 3 aliphatic rings. The molecule has 4 heteroatoms. The molecule has 4 nitrogen and oxygen atoms in total. The van der Waals surface area contributed by atoms with E-state index in [1.807, 2.05) is 13.8 Å². The van der Waals surface area contributed by atoms with E-state index in [4.69, 9.17) is 9.47 Å². The number of phenolic OH excluding ortho intramolecular Hbond substituents is 1. The summed E-state index contributed by atoms with van der Waals surface area (Å²) in [6.45, 7) is 12.0. The van der Waals surface area contributed by atoms with E-state index in [0.29, 0.717) is 35.1 Å². The van der Waals surface area contributed by atoms with E-state index in [2.05, 4.69) is 26.8 Å². The summed E-state index contributed by atoms with van der Waals surface area (Å²) in [5.74, 6) is 1.85. The Hall–Kier alpha value is -1.97. The van der Waals surface area contributed by atoms with Crippen LogP contribution in [-0.2, 0) is 6.42 Å². The van der Waals surface area contributed by atoms with Gasteiger partial charge in [0.1, 0.15) is 34.0 Å². The Bertz CT molecular complexity index is 860. The van der Waals surface area contributed by atoms with Gasteiger partial charge in [0.05, 0.1) is 0 Å². The van der Waals surface area contributed by atoms with E-state index in [1.54, 1.807) is 0 Å². The molecule has 0 aromatic heterocycles. The van der Waals surface area contributed by atoms with Gasteiger partial charge in [0.2, 0.25) is 0 Å². The van der Waals surface area contributed by atoms with Crippen molar-refractivity contribution in [3.8, 4) is 17.2 Å². The summed E-state index contributed by atoms with van der Waals surface area (Å²) >= 11 is 0. The number of fused-ring (bicyclic) bond motifs is 1. The second kappa shape index (κ2) is 5.76. The van der Waals surface area contributed by atoms with Gasteiger partial charge in [-0.25, -0.2) is 0 Å². The molecule has 2 bridgehead atoms. The predicted molar refractivity (Wildman–Crippen MR) is 105 cm³/mol. The van der Waals surface area contributed by atoms with Crippen LogP contribution >= 0.6 is 0 Å². The summed E-state index contributed by atoms with van der Waals surface area (Å²) in [4.78, 5) is 12.5.